The third-order valence-electron chi connectivity index (χ3n) is 6.64. The van der Waals surface area contributed by atoms with Crippen molar-refractivity contribution in [3.63, 3.8) is 0 Å². The molecule has 0 radical (unpaired) electrons. The highest BCUT2D eigenvalue weighted by Gasteiger charge is 2.30. The van der Waals surface area contributed by atoms with E-state index in [0.717, 1.165) is 21.6 Å². The fraction of sp³-hybridized carbons (Fsp3) is 0.273. The largest absolute Gasteiger partial charge is 0.385 e. The van der Waals surface area contributed by atoms with Crippen LogP contribution in [0, 0.1) is 6.92 Å². The molecule has 4 aromatic rings. The summed E-state index contributed by atoms with van der Waals surface area (Å²) in [5.41, 5.74) is 2.88. The minimum Gasteiger partial charge on any atom is -0.385 e. The summed E-state index contributed by atoms with van der Waals surface area (Å²) in [4.78, 5) is 34.0. The normalized spacial score (nSPS) is 10.9. The van der Waals surface area contributed by atoms with Gasteiger partial charge in [-0.15, -0.1) is 11.3 Å². The molecule has 1 heterocycles. The highest BCUT2D eigenvalue weighted by molar-refractivity contribution is 7.11. The summed E-state index contributed by atoms with van der Waals surface area (Å²) in [7, 11) is 1.65. The minimum absolute atomic E-state index is 0.00983. The fourth-order valence-electron chi connectivity index (χ4n) is 4.68. The molecule has 4 rings (SSSR count). The van der Waals surface area contributed by atoms with E-state index in [4.69, 9.17) is 4.74 Å². The van der Waals surface area contributed by atoms with E-state index >= 15 is 0 Å². The topological polar surface area (TPSA) is 49.9 Å². The van der Waals surface area contributed by atoms with Gasteiger partial charge in [-0.3, -0.25) is 9.59 Å². The Labute approximate surface area is 235 Å². The first-order chi connectivity index (χ1) is 19.0. The zero-order valence-corrected chi connectivity index (χ0v) is 23.5. The number of ether oxygens (including phenoxy) is 1. The fourth-order valence-corrected chi connectivity index (χ4v) is 5.58. The first-order valence-electron chi connectivity index (χ1n) is 13.3. The number of hydrogen-bond acceptors (Lipinski definition) is 4. The molecule has 3 aromatic carbocycles. The number of benzene rings is 3. The molecule has 0 saturated heterocycles. The second kappa shape index (κ2) is 14.4. The van der Waals surface area contributed by atoms with E-state index in [1.54, 1.807) is 23.3 Å². The number of aryl methyl sites for hydroxylation is 1. The van der Waals surface area contributed by atoms with Gasteiger partial charge in [0.25, 0.3) is 0 Å². The number of rotatable bonds is 13. The molecule has 0 saturated carbocycles. The van der Waals surface area contributed by atoms with E-state index in [1.807, 2.05) is 95.9 Å². The summed E-state index contributed by atoms with van der Waals surface area (Å²) in [6.07, 6.45) is 0.647. The van der Waals surface area contributed by atoms with Crippen LogP contribution in [0.3, 0.4) is 0 Å². The first-order valence-corrected chi connectivity index (χ1v) is 14.1. The second-order valence-electron chi connectivity index (χ2n) is 9.61. The molecule has 202 valence electrons. The number of nitrogens with zero attached hydrogens (tertiary/aromatic N) is 2. The number of carbonyl (C=O) groups is 2. The molecule has 0 fully saturated rings. The molecule has 0 aliphatic heterocycles. The van der Waals surface area contributed by atoms with Crippen LogP contribution >= 0.6 is 11.3 Å². The molecule has 5 nitrogen and oxygen atoms in total. The van der Waals surface area contributed by atoms with Gasteiger partial charge >= 0.3 is 0 Å². The van der Waals surface area contributed by atoms with Crippen molar-refractivity contribution in [3.05, 3.63) is 130 Å². The van der Waals surface area contributed by atoms with Crippen molar-refractivity contribution in [2.24, 2.45) is 0 Å². The Morgan fingerprint density at radius 2 is 1.36 bits per heavy atom. The number of thiophene rings is 1. The lowest BCUT2D eigenvalue weighted by Crippen LogP contribution is -2.44. The molecule has 2 amide bonds. The highest BCUT2D eigenvalue weighted by atomic mass is 32.1. The van der Waals surface area contributed by atoms with Crippen molar-refractivity contribution in [2.75, 3.05) is 26.8 Å². The monoisotopic (exact) mass is 540 g/mol. The Bertz CT molecular complexity index is 1270. The average molecular weight is 541 g/mol. The van der Waals surface area contributed by atoms with Gasteiger partial charge in [0.2, 0.25) is 11.8 Å². The molecular weight excluding hydrogens is 504 g/mol. The van der Waals surface area contributed by atoms with Gasteiger partial charge in [-0.05, 0) is 42.2 Å². The molecule has 0 unspecified atom stereocenters. The van der Waals surface area contributed by atoms with Crippen molar-refractivity contribution >= 4 is 23.2 Å². The summed E-state index contributed by atoms with van der Waals surface area (Å²) in [5, 5.41) is 0. The zero-order chi connectivity index (χ0) is 27.5. The van der Waals surface area contributed by atoms with Gasteiger partial charge in [-0.1, -0.05) is 91.0 Å². The Morgan fingerprint density at radius 3 is 1.90 bits per heavy atom. The van der Waals surface area contributed by atoms with Gasteiger partial charge in [0.15, 0.2) is 0 Å². The molecule has 0 bridgehead atoms. The zero-order valence-electron chi connectivity index (χ0n) is 22.7. The van der Waals surface area contributed by atoms with Crippen LogP contribution in [-0.4, -0.2) is 48.4 Å². The number of methoxy groups -OCH3 is 1. The van der Waals surface area contributed by atoms with Crippen molar-refractivity contribution in [3.8, 4) is 0 Å². The van der Waals surface area contributed by atoms with Crippen molar-refractivity contribution in [2.45, 2.75) is 32.4 Å². The number of amides is 2. The lowest BCUT2D eigenvalue weighted by Gasteiger charge is -2.30. The van der Waals surface area contributed by atoms with E-state index in [0.29, 0.717) is 32.7 Å². The highest BCUT2D eigenvalue weighted by Crippen LogP contribution is 2.27. The maximum absolute atomic E-state index is 14.2. The quantitative estimate of drug-likeness (QED) is 0.188. The predicted molar refractivity (Wildman–Crippen MR) is 158 cm³/mol. The molecule has 6 heteroatoms. The molecule has 0 aliphatic carbocycles. The van der Waals surface area contributed by atoms with E-state index in [2.05, 4.69) is 19.1 Å². The summed E-state index contributed by atoms with van der Waals surface area (Å²) in [6, 6.07) is 33.8. The van der Waals surface area contributed by atoms with Gasteiger partial charge in [-0.2, -0.15) is 0 Å². The van der Waals surface area contributed by atoms with Crippen molar-refractivity contribution in [1.82, 2.24) is 9.80 Å². The van der Waals surface area contributed by atoms with Gasteiger partial charge in [0.1, 0.15) is 0 Å². The van der Waals surface area contributed by atoms with E-state index in [9.17, 15) is 9.59 Å². The molecule has 39 heavy (non-hydrogen) atoms. The summed E-state index contributed by atoms with van der Waals surface area (Å²) < 4.78 is 5.28. The maximum atomic E-state index is 14.2. The molecule has 0 aliphatic rings. The first kappa shape index (κ1) is 28.3. The lowest BCUT2D eigenvalue weighted by atomic mass is 9.90. The second-order valence-corrected chi connectivity index (χ2v) is 11.0. The predicted octanol–water partition coefficient (Wildman–Crippen LogP) is 6.28. The summed E-state index contributed by atoms with van der Waals surface area (Å²) in [6.45, 7) is 4.02. The third-order valence-corrected chi connectivity index (χ3v) is 7.62. The maximum Gasteiger partial charge on any atom is 0.242 e. The Hall–Kier alpha value is -3.74. The van der Waals surface area contributed by atoms with Crippen LogP contribution in [0.5, 0.6) is 0 Å². The molecule has 0 spiro atoms. The molecular formula is C33H36N2O3S. The number of carbonyl (C=O) groups excluding carboxylic acids is 2. The van der Waals surface area contributed by atoms with Gasteiger partial charge in [0, 0.05) is 36.6 Å². The van der Waals surface area contributed by atoms with Gasteiger partial charge in [0.05, 0.1) is 19.0 Å². The Balaban J connectivity index is 1.62. The van der Waals surface area contributed by atoms with Crippen molar-refractivity contribution in [1.29, 1.82) is 0 Å². The molecule has 0 N–H and O–H groups in total. The van der Waals surface area contributed by atoms with Crippen LogP contribution in [0.25, 0.3) is 0 Å². The van der Waals surface area contributed by atoms with Crippen LogP contribution in [0.2, 0.25) is 0 Å². The van der Waals surface area contributed by atoms with E-state index in [1.165, 1.54) is 4.88 Å². The van der Waals surface area contributed by atoms with Crippen LogP contribution in [-0.2, 0) is 27.4 Å². The summed E-state index contributed by atoms with van der Waals surface area (Å²) in [5.74, 6) is -0.649. The smallest absolute Gasteiger partial charge is 0.242 e. The Kier molecular flexibility index (Phi) is 10.5. The van der Waals surface area contributed by atoms with Gasteiger partial charge in [-0.25, -0.2) is 0 Å². The van der Waals surface area contributed by atoms with E-state index < -0.39 is 5.92 Å². The Morgan fingerprint density at radius 1 is 0.769 bits per heavy atom. The van der Waals surface area contributed by atoms with E-state index in [-0.39, 0.29) is 18.4 Å². The standard InChI is InChI=1S/C33H36N2O3S/c1-26-19-20-30(39-26)24-35(23-27-13-6-3-7-14-27)31(36)25-34(21-12-22-38-2)33(37)32(28-15-8-4-9-16-28)29-17-10-5-11-18-29/h3-11,13-20,32H,12,21-25H2,1-2H3. The minimum atomic E-state index is -0.495. The van der Waals surface area contributed by atoms with Crippen molar-refractivity contribution < 1.29 is 14.3 Å². The van der Waals surface area contributed by atoms with Crippen LogP contribution in [0.15, 0.2) is 103 Å². The van der Waals surface area contributed by atoms with Crippen LogP contribution in [0.1, 0.15) is 38.8 Å². The van der Waals surface area contributed by atoms with Gasteiger partial charge < -0.3 is 14.5 Å². The van der Waals surface area contributed by atoms with Crippen LogP contribution in [0.4, 0.5) is 0 Å². The summed E-state index contributed by atoms with van der Waals surface area (Å²) >= 11 is 1.69. The lowest BCUT2D eigenvalue weighted by molar-refractivity contribution is -0.141. The average Bonchev–Trinajstić information content (AvgIpc) is 3.38. The molecule has 0 atom stereocenters. The third kappa shape index (κ3) is 8.12. The SMILES string of the molecule is COCCCN(CC(=O)N(Cc1ccccc1)Cc1ccc(C)s1)C(=O)C(c1ccccc1)c1ccccc1. The molecule has 1 aromatic heterocycles. The number of hydrogen-bond donors (Lipinski definition) is 0. The van der Waals surface area contributed by atoms with Crippen LogP contribution < -0.4 is 0 Å².